The quantitative estimate of drug-likeness (QED) is 0.799. The molecule has 2 unspecified atom stereocenters. The fraction of sp³-hybridized carbons (Fsp3) is 0.769. The smallest absolute Gasteiger partial charge is 0.144 e. The highest BCUT2D eigenvalue weighted by Gasteiger charge is 2.55. The van der Waals surface area contributed by atoms with E-state index in [2.05, 4.69) is 23.9 Å². The molecule has 0 N–H and O–H groups in total. The van der Waals surface area contributed by atoms with Crippen LogP contribution in [-0.2, 0) is 11.2 Å². The van der Waals surface area contributed by atoms with Gasteiger partial charge in [-0.2, -0.15) is 5.10 Å². The van der Waals surface area contributed by atoms with Gasteiger partial charge in [0.05, 0.1) is 6.42 Å². The van der Waals surface area contributed by atoms with Crippen LogP contribution in [0.5, 0.6) is 0 Å². The van der Waals surface area contributed by atoms with E-state index in [0.29, 0.717) is 30.0 Å². The van der Waals surface area contributed by atoms with Crippen LogP contribution in [0.25, 0.3) is 0 Å². The Bertz CT molecular complexity index is 428. The van der Waals surface area contributed by atoms with Crippen LogP contribution in [0.15, 0.2) is 6.33 Å². The van der Waals surface area contributed by atoms with E-state index in [-0.39, 0.29) is 6.04 Å². The van der Waals surface area contributed by atoms with Crippen molar-refractivity contribution in [3.05, 3.63) is 12.2 Å². The minimum atomic E-state index is 0.277. The molecular weight excluding hydrogens is 214 g/mol. The summed E-state index contributed by atoms with van der Waals surface area (Å²) in [5, 5.41) is 4.17. The fourth-order valence-electron chi connectivity index (χ4n) is 3.40. The molecule has 4 heteroatoms. The van der Waals surface area contributed by atoms with Gasteiger partial charge in [-0.15, -0.1) is 0 Å². The fourth-order valence-corrected chi connectivity index (χ4v) is 3.40. The van der Waals surface area contributed by atoms with Gasteiger partial charge in [0.2, 0.25) is 0 Å². The topological polar surface area (TPSA) is 47.8 Å². The van der Waals surface area contributed by atoms with Crippen LogP contribution < -0.4 is 0 Å². The molecule has 0 saturated heterocycles. The molecule has 1 aromatic heterocycles. The molecule has 1 aromatic rings. The number of hydrogen-bond acceptors (Lipinski definition) is 3. The number of fused-ring (bicyclic) bond motifs is 1. The maximum Gasteiger partial charge on any atom is 0.144 e. The first kappa shape index (κ1) is 10.9. The number of Topliss-reactive ketones (excluding diaryl/α,β-unsaturated/α-hetero) is 1. The molecule has 1 heterocycles. The number of rotatable bonds is 4. The van der Waals surface area contributed by atoms with Crippen molar-refractivity contribution in [1.29, 1.82) is 0 Å². The number of carbonyl (C=O) groups excluding carboxylic acids is 1. The van der Waals surface area contributed by atoms with Crippen molar-refractivity contribution in [2.45, 2.75) is 45.6 Å². The van der Waals surface area contributed by atoms with Gasteiger partial charge >= 0.3 is 0 Å². The maximum absolute atomic E-state index is 12.2. The highest BCUT2D eigenvalue weighted by atomic mass is 16.1. The molecule has 0 aromatic carbocycles. The van der Waals surface area contributed by atoms with E-state index < -0.39 is 0 Å². The van der Waals surface area contributed by atoms with E-state index in [0.717, 1.165) is 5.82 Å². The lowest BCUT2D eigenvalue weighted by molar-refractivity contribution is -0.120. The second-order valence-electron chi connectivity index (χ2n) is 5.64. The third-order valence-electron chi connectivity index (χ3n) is 4.25. The third-order valence-corrected chi connectivity index (χ3v) is 4.25. The van der Waals surface area contributed by atoms with Crippen LogP contribution in [0.4, 0.5) is 0 Å². The van der Waals surface area contributed by atoms with E-state index in [9.17, 15) is 4.79 Å². The number of carbonyl (C=O) groups is 1. The van der Waals surface area contributed by atoms with E-state index >= 15 is 0 Å². The molecule has 2 atom stereocenters. The molecule has 92 valence electrons. The number of aromatic nitrogens is 3. The number of nitrogens with zero attached hydrogens (tertiary/aromatic N) is 3. The van der Waals surface area contributed by atoms with Gasteiger partial charge < -0.3 is 0 Å². The van der Waals surface area contributed by atoms with Crippen molar-refractivity contribution < 1.29 is 4.79 Å². The third kappa shape index (κ3) is 1.79. The number of hydrogen-bond donors (Lipinski definition) is 0. The monoisotopic (exact) mass is 233 g/mol. The van der Waals surface area contributed by atoms with Crippen molar-refractivity contribution in [3.63, 3.8) is 0 Å². The predicted molar refractivity (Wildman–Crippen MR) is 63.4 cm³/mol. The first-order chi connectivity index (χ1) is 8.18. The molecule has 0 radical (unpaired) electrons. The average Bonchev–Trinajstić information content (AvgIpc) is 2.71. The van der Waals surface area contributed by atoms with E-state index in [4.69, 9.17) is 0 Å². The lowest BCUT2D eigenvalue weighted by Crippen LogP contribution is -2.15. The van der Waals surface area contributed by atoms with E-state index in [1.807, 2.05) is 4.68 Å². The lowest BCUT2D eigenvalue weighted by atomic mass is 10.1. The van der Waals surface area contributed by atoms with Crippen LogP contribution in [0.2, 0.25) is 0 Å². The first-order valence-electron chi connectivity index (χ1n) is 6.59. The van der Waals surface area contributed by atoms with Gasteiger partial charge in [-0.25, -0.2) is 9.67 Å². The van der Waals surface area contributed by atoms with Crippen LogP contribution in [-0.4, -0.2) is 20.5 Å². The van der Waals surface area contributed by atoms with Crippen LogP contribution in [0.1, 0.15) is 45.0 Å². The van der Waals surface area contributed by atoms with Gasteiger partial charge in [-0.05, 0) is 38.5 Å². The molecule has 17 heavy (non-hydrogen) atoms. The van der Waals surface area contributed by atoms with Gasteiger partial charge in [-0.1, -0.05) is 6.42 Å². The van der Waals surface area contributed by atoms with Gasteiger partial charge in [0, 0.05) is 12.0 Å². The van der Waals surface area contributed by atoms with Gasteiger partial charge in [-0.3, -0.25) is 4.79 Å². The zero-order valence-electron chi connectivity index (χ0n) is 10.5. The van der Waals surface area contributed by atoms with Gasteiger partial charge in [0.25, 0.3) is 0 Å². The Balaban J connectivity index is 1.67. The molecule has 4 nitrogen and oxygen atoms in total. The van der Waals surface area contributed by atoms with Crippen molar-refractivity contribution in [3.8, 4) is 0 Å². The largest absolute Gasteiger partial charge is 0.299 e. The van der Waals surface area contributed by atoms with Crippen molar-refractivity contribution in [2.75, 3.05) is 0 Å². The Labute approximate surface area is 101 Å². The van der Waals surface area contributed by atoms with Crippen molar-refractivity contribution in [1.82, 2.24) is 14.8 Å². The SMILES string of the molecule is CC(C)n1ncnc1CC(=O)C1C2CCCC21. The molecule has 2 aliphatic carbocycles. The molecule has 0 aliphatic heterocycles. The Morgan fingerprint density at radius 3 is 2.82 bits per heavy atom. The Morgan fingerprint density at radius 2 is 2.18 bits per heavy atom. The summed E-state index contributed by atoms with van der Waals surface area (Å²) >= 11 is 0. The predicted octanol–water partition coefficient (Wildman–Crippen LogP) is 2.02. The zero-order valence-corrected chi connectivity index (χ0v) is 10.5. The molecule has 0 spiro atoms. The Morgan fingerprint density at radius 1 is 1.47 bits per heavy atom. The normalized spacial score (nSPS) is 30.6. The Kier molecular flexibility index (Phi) is 2.53. The summed E-state index contributed by atoms with van der Waals surface area (Å²) in [5.74, 6) is 2.97. The first-order valence-corrected chi connectivity index (χ1v) is 6.59. The summed E-state index contributed by atoms with van der Waals surface area (Å²) in [6.07, 6.45) is 5.86. The molecule has 0 amide bonds. The second-order valence-corrected chi connectivity index (χ2v) is 5.64. The van der Waals surface area contributed by atoms with Crippen LogP contribution in [0.3, 0.4) is 0 Å². The zero-order chi connectivity index (χ0) is 12.0. The van der Waals surface area contributed by atoms with E-state index in [1.54, 1.807) is 6.33 Å². The minimum Gasteiger partial charge on any atom is -0.299 e. The molecule has 2 fully saturated rings. The summed E-state index contributed by atoms with van der Waals surface area (Å²) in [5.41, 5.74) is 0. The van der Waals surface area contributed by atoms with Gasteiger partial charge in [0.1, 0.15) is 17.9 Å². The summed E-state index contributed by atoms with van der Waals surface area (Å²) in [7, 11) is 0. The Hall–Kier alpha value is -1.19. The maximum atomic E-state index is 12.2. The van der Waals surface area contributed by atoms with Crippen molar-refractivity contribution >= 4 is 5.78 Å². The summed E-state index contributed by atoms with van der Waals surface area (Å²) in [6.45, 7) is 4.13. The molecular formula is C13H19N3O. The molecule has 0 bridgehead atoms. The highest BCUT2D eigenvalue weighted by Crippen LogP contribution is 2.58. The van der Waals surface area contributed by atoms with Crippen LogP contribution >= 0.6 is 0 Å². The lowest BCUT2D eigenvalue weighted by Gasteiger charge is -2.09. The van der Waals surface area contributed by atoms with E-state index in [1.165, 1.54) is 19.3 Å². The van der Waals surface area contributed by atoms with Gasteiger partial charge in [0.15, 0.2) is 0 Å². The molecule has 2 saturated carbocycles. The second kappa shape index (κ2) is 3.93. The molecule has 2 aliphatic rings. The van der Waals surface area contributed by atoms with Crippen LogP contribution in [0, 0.1) is 17.8 Å². The molecule has 3 rings (SSSR count). The standard InChI is InChI=1S/C13H19N3O/c1-8(2)16-12(14-7-15-16)6-11(17)13-9-4-3-5-10(9)13/h7-10,13H,3-6H2,1-2H3. The number of ketones is 1. The minimum absolute atomic E-state index is 0.277. The summed E-state index contributed by atoms with van der Waals surface area (Å²) in [6, 6.07) is 0.277. The summed E-state index contributed by atoms with van der Waals surface area (Å²) in [4.78, 5) is 16.4. The summed E-state index contributed by atoms with van der Waals surface area (Å²) < 4.78 is 1.86. The average molecular weight is 233 g/mol. The van der Waals surface area contributed by atoms with Crippen molar-refractivity contribution in [2.24, 2.45) is 17.8 Å². The highest BCUT2D eigenvalue weighted by molar-refractivity contribution is 5.86.